The molecule has 0 unspecified atom stereocenters. The highest BCUT2D eigenvalue weighted by atomic mass is 16.4. The van der Waals surface area contributed by atoms with Crippen LogP contribution in [0.1, 0.15) is 5.56 Å². The third-order valence-electron chi connectivity index (χ3n) is 2.06. The lowest BCUT2D eigenvalue weighted by Gasteiger charge is -2.17. The number of hydrogen-bond donors (Lipinski definition) is 0. The molecular weight excluding hydrogens is 190 g/mol. The highest BCUT2D eigenvalue weighted by molar-refractivity contribution is 5.83. The summed E-state index contributed by atoms with van der Waals surface area (Å²) in [4.78, 5) is 12.3. The molecule has 0 aliphatic rings. The molecule has 0 fully saturated rings. The maximum atomic E-state index is 10.7. The molecule has 1 aromatic rings. The quantitative estimate of drug-likeness (QED) is 0.668. The van der Waals surface area contributed by atoms with Crippen LogP contribution in [-0.4, -0.2) is 25.0 Å². The Morgan fingerprint density at radius 1 is 1.33 bits per heavy atom. The first-order valence-electron chi connectivity index (χ1n) is 4.74. The molecule has 3 heteroatoms. The SMILES string of the molecule is CN(C)/C(=C/Cc1ccccc1)C(=O)[O-]. The van der Waals surface area contributed by atoms with Gasteiger partial charge in [-0.05, 0) is 12.0 Å². The van der Waals surface area contributed by atoms with Crippen molar-refractivity contribution < 1.29 is 9.90 Å². The van der Waals surface area contributed by atoms with Crippen molar-refractivity contribution in [1.82, 2.24) is 4.90 Å². The third kappa shape index (κ3) is 3.46. The smallest absolute Gasteiger partial charge is 0.0873 e. The lowest BCUT2D eigenvalue weighted by molar-refractivity contribution is -0.300. The molecule has 80 valence electrons. The zero-order valence-electron chi connectivity index (χ0n) is 8.93. The maximum absolute atomic E-state index is 10.7. The van der Waals surface area contributed by atoms with E-state index in [0.717, 1.165) is 5.56 Å². The first kappa shape index (κ1) is 11.3. The number of likely N-dealkylation sites (N-methyl/N-ethyl adjacent to an activating group) is 1. The van der Waals surface area contributed by atoms with Gasteiger partial charge in [-0.3, -0.25) is 0 Å². The van der Waals surface area contributed by atoms with E-state index >= 15 is 0 Å². The van der Waals surface area contributed by atoms with E-state index in [1.54, 1.807) is 20.2 Å². The lowest BCUT2D eigenvalue weighted by Crippen LogP contribution is -2.32. The van der Waals surface area contributed by atoms with Crippen LogP contribution in [0, 0.1) is 0 Å². The Hall–Kier alpha value is -1.77. The van der Waals surface area contributed by atoms with Crippen LogP contribution in [-0.2, 0) is 11.2 Å². The highest BCUT2D eigenvalue weighted by Gasteiger charge is 1.99. The fourth-order valence-electron chi connectivity index (χ4n) is 1.28. The van der Waals surface area contributed by atoms with E-state index in [4.69, 9.17) is 0 Å². The molecule has 0 heterocycles. The Kier molecular flexibility index (Phi) is 3.92. The molecular formula is C12H14NO2-. The van der Waals surface area contributed by atoms with Gasteiger partial charge in [-0.2, -0.15) is 0 Å². The fraction of sp³-hybridized carbons (Fsp3) is 0.250. The van der Waals surface area contributed by atoms with E-state index in [1.165, 1.54) is 4.90 Å². The number of aliphatic carboxylic acids is 1. The summed E-state index contributed by atoms with van der Waals surface area (Å²) in [5.74, 6) is -1.14. The third-order valence-corrected chi connectivity index (χ3v) is 2.06. The van der Waals surface area contributed by atoms with Crippen LogP contribution in [0.15, 0.2) is 42.1 Å². The van der Waals surface area contributed by atoms with Crippen molar-refractivity contribution in [3.05, 3.63) is 47.7 Å². The lowest BCUT2D eigenvalue weighted by atomic mass is 10.1. The molecule has 0 spiro atoms. The Labute approximate surface area is 89.6 Å². The van der Waals surface area contributed by atoms with Gasteiger partial charge in [0.15, 0.2) is 0 Å². The maximum Gasteiger partial charge on any atom is 0.0873 e. The van der Waals surface area contributed by atoms with Gasteiger partial charge in [0.25, 0.3) is 0 Å². The van der Waals surface area contributed by atoms with Gasteiger partial charge in [0, 0.05) is 14.1 Å². The van der Waals surface area contributed by atoms with Crippen molar-refractivity contribution >= 4 is 5.97 Å². The zero-order valence-corrected chi connectivity index (χ0v) is 8.93. The van der Waals surface area contributed by atoms with Crippen LogP contribution in [0.5, 0.6) is 0 Å². The summed E-state index contributed by atoms with van der Waals surface area (Å²) in [6.45, 7) is 0. The molecule has 1 rings (SSSR count). The molecule has 3 nitrogen and oxygen atoms in total. The molecule has 0 aliphatic heterocycles. The highest BCUT2D eigenvalue weighted by Crippen LogP contribution is 2.04. The van der Waals surface area contributed by atoms with Gasteiger partial charge in [-0.1, -0.05) is 36.4 Å². The van der Waals surface area contributed by atoms with Gasteiger partial charge >= 0.3 is 0 Å². The molecule has 15 heavy (non-hydrogen) atoms. The summed E-state index contributed by atoms with van der Waals surface area (Å²) in [7, 11) is 3.37. The number of carboxylic acid groups (broad SMARTS) is 1. The average Bonchev–Trinajstić information content (AvgIpc) is 2.18. The molecule has 1 aromatic carbocycles. The van der Waals surface area contributed by atoms with Crippen molar-refractivity contribution in [2.75, 3.05) is 14.1 Å². The summed E-state index contributed by atoms with van der Waals surface area (Å²) in [6.07, 6.45) is 2.26. The second kappa shape index (κ2) is 5.20. The van der Waals surface area contributed by atoms with Crippen LogP contribution in [0.2, 0.25) is 0 Å². The predicted molar refractivity (Wildman–Crippen MR) is 56.9 cm³/mol. The molecule has 0 saturated heterocycles. The van der Waals surface area contributed by atoms with E-state index in [1.807, 2.05) is 30.3 Å². The second-order valence-corrected chi connectivity index (χ2v) is 3.46. The standard InChI is InChI=1S/C12H15NO2/c1-13(2)11(12(14)15)9-8-10-6-4-3-5-7-10/h3-7,9H,8H2,1-2H3,(H,14,15)/p-1/b11-9+. The largest absolute Gasteiger partial charge is 0.543 e. The normalized spacial score (nSPS) is 11.2. The van der Waals surface area contributed by atoms with Crippen molar-refractivity contribution in [2.24, 2.45) is 0 Å². The summed E-state index contributed by atoms with van der Waals surface area (Å²) in [5, 5.41) is 10.7. The Balaban J connectivity index is 2.75. The van der Waals surface area contributed by atoms with Crippen molar-refractivity contribution in [3.8, 4) is 0 Å². The Morgan fingerprint density at radius 3 is 2.40 bits per heavy atom. The Morgan fingerprint density at radius 2 is 1.93 bits per heavy atom. The Bertz CT molecular complexity index is 355. The summed E-state index contributed by atoms with van der Waals surface area (Å²) < 4.78 is 0. The number of carbonyl (C=O) groups excluding carboxylic acids is 1. The number of carbonyl (C=O) groups is 1. The molecule has 0 atom stereocenters. The zero-order chi connectivity index (χ0) is 11.3. The van der Waals surface area contributed by atoms with Crippen LogP contribution in [0.25, 0.3) is 0 Å². The van der Waals surface area contributed by atoms with E-state index in [2.05, 4.69) is 0 Å². The molecule has 0 radical (unpaired) electrons. The van der Waals surface area contributed by atoms with E-state index < -0.39 is 5.97 Å². The molecule has 0 bridgehead atoms. The van der Waals surface area contributed by atoms with E-state index in [0.29, 0.717) is 6.42 Å². The van der Waals surface area contributed by atoms with Crippen LogP contribution in [0.4, 0.5) is 0 Å². The van der Waals surface area contributed by atoms with Crippen LogP contribution < -0.4 is 5.11 Å². The topological polar surface area (TPSA) is 43.4 Å². The second-order valence-electron chi connectivity index (χ2n) is 3.46. The van der Waals surface area contributed by atoms with Gasteiger partial charge in [0.1, 0.15) is 0 Å². The monoisotopic (exact) mass is 204 g/mol. The molecule has 0 amide bonds. The first-order valence-corrected chi connectivity index (χ1v) is 4.74. The minimum Gasteiger partial charge on any atom is -0.543 e. The first-order chi connectivity index (χ1) is 7.11. The minimum atomic E-state index is -1.14. The molecule has 0 saturated carbocycles. The summed E-state index contributed by atoms with van der Waals surface area (Å²) in [5.41, 5.74) is 1.29. The van der Waals surface area contributed by atoms with E-state index in [9.17, 15) is 9.90 Å². The number of rotatable bonds is 4. The van der Waals surface area contributed by atoms with Crippen molar-refractivity contribution in [3.63, 3.8) is 0 Å². The fourth-order valence-corrected chi connectivity index (χ4v) is 1.28. The van der Waals surface area contributed by atoms with E-state index in [-0.39, 0.29) is 5.70 Å². The van der Waals surface area contributed by atoms with Crippen molar-refractivity contribution in [1.29, 1.82) is 0 Å². The molecule has 0 N–H and O–H groups in total. The number of allylic oxidation sites excluding steroid dienone is 1. The van der Waals surface area contributed by atoms with Gasteiger partial charge in [-0.25, -0.2) is 0 Å². The number of hydrogen-bond acceptors (Lipinski definition) is 3. The predicted octanol–water partition coefficient (Wildman–Crippen LogP) is 0.424. The number of carboxylic acids is 1. The number of nitrogens with zero attached hydrogens (tertiary/aromatic N) is 1. The minimum absolute atomic E-state index is 0.207. The average molecular weight is 204 g/mol. The van der Waals surface area contributed by atoms with Gasteiger partial charge < -0.3 is 14.8 Å². The van der Waals surface area contributed by atoms with Crippen LogP contribution in [0.3, 0.4) is 0 Å². The van der Waals surface area contributed by atoms with Crippen molar-refractivity contribution in [2.45, 2.75) is 6.42 Å². The summed E-state index contributed by atoms with van der Waals surface area (Å²) in [6, 6.07) is 9.70. The van der Waals surface area contributed by atoms with Gasteiger partial charge in [-0.15, -0.1) is 0 Å². The summed E-state index contributed by atoms with van der Waals surface area (Å²) >= 11 is 0. The number of benzene rings is 1. The molecule has 0 aromatic heterocycles. The van der Waals surface area contributed by atoms with Crippen LogP contribution >= 0.6 is 0 Å². The molecule has 0 aliphatic carbocycles. The van der Waals surface area contributed by atoms with Gasteiger partial charge in [0.2, 0.25) is 0 Å². The van der Waals surface area contributed by atoms with Gasteiger partial charge in [0.05, 0.1) is 11.7 Å².